The van der Waals surface area contributed by atoms with Crippen molar-refractivity contribution in [2.24, 2.45) is 0 Å². The minimum absolute atomic E-state index is 0.0341. The molecule has 0 aliphatic heterocycles. The van der Waals surface area contributed by atoms with Crippen LogP contribution in [0.25, 0.3) is 0 Å². The number of Topliss-reactive ketones (excluding diaryl/α,β-unsaturated/α-hetero) is 1. The van der Waals surface area contributed by atoms with Crippen LogP contribution in [-0.2, 0) is 15.1 Å². The predicted molar refractivity (Wildman–Crippen MR) is 97.1 cm³/mol. The summed E-state index contributed by atoms with van der Waals surface area (Å²) in [5.74, 6) is -1.77. The smallest absolute Gasteiger partial charge is 0.334 e. The number of benzene rings is 1. The average Bonchev–Trinajstić information content (AvgIpc) is 3.13. The van der Waals surface area contributed by atoms with Crippen molar-refractivity contribution in [1.82, 2.24) is 5.32 Å². The van der Waals surface area contributed by atoms with Crippen molar-refractivity contribution in [2.45, 2.75) is 31.7 Å². The molecule has 7 heteroatoms. The lowest BCUT2D eigenvalue weighted by Gasteiger charge is -2.30. The Morgan fingerprint density at radius 2 is 1.84 bits per heavy atom. The van der Waals surface area contributed by atoms with Gasteiger partial charge >= 0.3 is 5.97 Å². The number of aliphatic carboxylic acids is 1. The van der Waals surface area contributed by atoms with Gasteiger partial charge < -0.3 is 10.4 Å². The van der Waals surface area contributed by atoms with Crippen molar-refractivity contribution in [3.63, 3.8) is 0 Å². The van der Waals surface area contributed by atoms with Gasteiger partial charge in [0, 0.05) is 17.9 Å². The maximum atomic E-state index is 12.3. The molecule has 2 N–H and O–H groups in total. The predicted octanol–water partition coefficient (Wildman–Crippen LogP) is 3.87. The van der Waals surface area contributed by atoms with Crippen LogP contribution < -0.4 is 5.32 Å². The number of carbonyl (C=O) groups excluding carboxylic acids is 2. The molecule has 0 radical (unpaired) electrons. The first kappa shape index (κ1) is 19.1. The Morgan fingerprint density at radius 3 is 2.36 bits per heavy atom. The average molecular weight is 380 g/mol. The summed E-state index contributed by atoms with van der Waals surface area (Å²) in [6.45, 7) is 1.68. The van der Waals surface area contributed by atoms with Crippen molar-refractivity contribution < 1.29 is 19.5 Å². The van der Waals surface area contributed by atoms with Crippen LogP contribution in [0.2, 0.25) is 5.02 Å². The highest BCUT2D eigenvalue weighted by Crippen LogP contribution is 2.27. The highest BCUT2D eigenvalue weighted by molar-refractivity contribution is 7.12. The van der Waals surface area contributed by atoms with Crippen molar-refractivity contribution in [3.8, 4) is 0 Å². The number of hydrogen-bond donors (Lipinski definition) is 2. The standard InChI is InChI=1S/C18H18ClNO4S/c1-2-18(17(23)24,12-5-7-13(19)8-6-12)20-16(22)10-9-14(21)15-4-3-11-25-15/h3-8,11H,2,9-10H2,1H3,(H,20,22)(H,23,24). The van der Waals surface area contributed by atoms with Gasteiger partial charge in [0.15, 0.2) is 11.3 Å². The van der Waals surface area contributed by atoms with Gasteiger partial charge in [0.05, 0.1) is 4.88 Å². The number of hydrogen-bond acceptors (Lipinski definition) is 4. The Hall–Kier alpha value is -2.18. The van der Waals surface area contributed by atoms with Gasteiger partial charge in [-0.1, -0.05) is 36.7 Å². The molecule has 1 heterocycles. The molecule has 132 valence electrons. The quantitative estimate of drug-likeness (QED) is 0.682. The number of amides is 1. The van der Waals surface area contributed by atoms with Gasteiger partial charge in [0.2, 0.25) is 5.91 Å². The third kappa shape index (κ3) is 4.46. The molecule has 0 bridgehead atoms. The Kier molecular flexibility index (Phi) is 6.33. The van der Waals surface area contributed by atoms with Crippen LogP contribution in [0.5, 0.6) is 0 Å². The summed E-state index contributed by atoms with van der Waals surface area (Å²) in [4.78, 5) is 36.7. The molecule has 2 aromatic rings. The van der Waals surface area contributed by atoms with Gasteiger partial charge in [0.1, 0.15) is 0 Å². The van der Waals surface area contributed by atoms with Crippen LogP contribution in [-0.4, -0.2) is 22.8 Å². The fraction of sp³-hybridized carbons (Fsp3) is 0.278. The molecule has 0 saturated heterocycles. The van der Waals surface area contributed by atoms with E-state index in [1.54, 1.807) is 48.7 Å². The highest BCUT2D eigenvalue weighted by Gasteiger charge is 2.40. The van der Waals surface area contributed by atoms with Gasteiger partial charge in [-0.3, -0.25) is 9.59 Å². The van der Waals surface area contributed by atoms with E-state index in [1.807, 2.05) is 0 Å². The second-order valence-electron chi connectivity index (χ2n) is 5.52. The van der Waals surface area contributed by atoms with Gasteiger partial charge in [0.25, 0.3) is 0 Å². The van der Waals surface area contributed by atoms with E-state index in [-0.39, 0.29) is 25.0 Å². The molecule has 0 fully saturated rings. The maximum Gasteiger partial charge on any atom is 0.334 e. The first-order valence-electron chi connectivity index (χ1n) is 7.76. The summed E-state index contributed by atoms with van der Waals surface area (Å²) in [5.41, 5.74) is -1.11. The molecule has 25 heavy (non-hydrogen) atoms. The molecule has 1 unspecified atom stereocenters. The third-order valence-corrected chi connectivity index (χ3v) is 5.12. The normalized spacial score (nSPS) is 13.0. The Bertz CT molecular complexity index is 758. The number of carboxylic acid groups (broad SMARTS) is 1. The number of carboxylic acids is 1. The maximum absolute atomic E-state index is 12.3. The van der Waals surface area contributed by atoms with E-state index in [2.05, 4.69) is 5.32 Å². The van der Waals surface area contributed by atoms with E-state index in [9.17, 15) is 19.5 Å². The molecule has 1 amide bonds. The lowest BCUT2D eigenvalue weighted by molar-refractivity contribution is -0.148. The third-order valence-electron chi connectivity index (χ3n) is 3.96. The van der Waals surface area contributed by atoms with Gasteiger partial charge in [-0.15, -0.1) is 11.3 Å². The molecule has 0 aliphatic carbocycles. The summed E-state index contributed by atoms with van der Waals surface area (Å²) in [6, 6.07) is 9.79. The first-order chi connectivity index (χ1) is 11.9. The molecule has 0 saturated carbocycles. The molecule has 5 nitrogen and oxygen atoms in total. The summed E-state index contributed by atoms with van der Waals surface area (Å²) in [7, 11) is 0. The molecule has 0 spiro atoms. The SMILES string of the molecule is CCC(NC(=O)CCC(=O)c1cccs1)(C(=O)O)c1ccc(Cl)cc1. The summed E-state index contributed by atoms with van der Waals surface area (Å²) < 4.78 is 0. The molecular weight excluding hydrogens is 362 g/mol. The van der Waals surface area contributed by atoms with Crippen LogP contribution in [0.15, 0.2) is 41.8 Å². The van der Waals surface area contributed by atoms with Crippen molar-refractivity contribution in [3.05, 3.63) is 57.2 Å². The minimum atomic E-state index is -1.55. The topological polar surface area (TPSA) is 83.5 Å². The van der Waals surface area contributed by atoms with E-state index in [4.69, 9.17) is 11.6 Å². The second kappa shape index (κ2) is 8.27. The van der Waals surface area contributed by atoms with E-state index >= 15 is 0 Å². The van der Waals surface area contributed by atoms with E-state index in [1.165, 1.54) is 11.3 Å². The van der Waals surface area contributed by atoms with Crippen LogP contribution >= 0.6 is 22.9 Å². The van der Waals surface area contributed by atoms with Crippen LogP contribution in [0, 0.1) is 0 Å². The largest absolute Gasteiger partial charge is 0.479 e. The fourth-order valence-electron chi connectivity index (χ4n) is 2.52. The Balaban J connectivity index is 2.11. The molecule has 2 rings (SSSR count). The Morgan fingerprint density at radius 1 is 1.16 bits per heavy atom. The highest BCUT2D eigenvalue weighted by atomic mass is 35.5. The number of thiophene rings is 1. The number of carbonyl (C=O) groups is 3. The zero-order chi connectivity index (χ0) is 18.4. The zero-order valence-electron chi connectivity index (χ0n) is 13.6. The number of nitrogens with one attached hydrogen (secondary N) is 1. The van der Waals surface area contributed by atoms with Crippen molar-refractivity contribution >= 4 is 40.6 Å². The minimum Gasteiger partial charge on any atom is -0.479 e. The van der Waals surface area contributed by atoms with E-state index in [0.717, 1.165) is 0 Å². The molecule has 0 aliphatic rings. The van der Waals surface area contributed by atoms with E-state index < -0.39 is 17.4 Å². The monoisotopic (exact) mass is 379 g/mol. The van der Waals surface area contributed by atoms with Gasteiger partial charge in [-0.2, -0.15) is 0 Å². The second-order valence-corrected chi connectivity index (χ2v) is 6.90. The van der Waals surface area contributed by atoms with Crippen LogP contribution in [0.4, 0.5) is 0 Å². The molecular formula is C18H18ClNO4S. The number of halogens is 1. The summed E-state index contributed by atoms with van der Waals surface area (Å²) in [6.07, 6.45) is 0.125. The number of rotatable bonds is 8. The van der Waals surface area contributed by atoms with Crippen molar-refractivity contribution in [2.75, 3.05) is 0 Å². The van der Waals surface area contributed by atoms with Crippen molar-refractivity contribution in [1.29, 1.82) is 0 Å². The lowest BCUT2D eigenvalue weighted by Crippen LogP contribution is -2.51. The first-order valence-corrected chi connectivity index (χ1v) is 9.02. The van der Waals surface area contributed by atoms with Crippen LogP contribution in [0.3, 0.4) is 0 Å². The summed E-state index contributed by atoms with van der Waals surface area (Å²) >= 11 is 7.17. The zero-order valence-corrected chi connectivity index (χ0v) is 15.2. The van der Waals surface area contributed by atoms with Gasteiger partial charge in [-0.25, -0.2) is 4.79 Å². The lowest BCUT2D eigenvalue weighted by atomic mass is 9.87. The fourth-order valence-corrected chi connectivity index (χ4v) is 3.34. The molecule has 1 aromatic carbocycles. The van der Waals surface area contributed by atoms with Gasteiger partial charge in [-0.05, 0) is 35.6 Å². The van der Waals surface area contributed by atoms with E-state index in [0.29, 0.717) is 15.5 Å². The Labute approximate surface area is 154 Å². The number of ketones is 1. The van der Waals surface area contributed by atoms with Crippen LogP contribution in [0.1, 0.15) is 41.4 Å². The molecule has 1 aromatic heterocycles. The summed E-state index contributed by atoms with van der Waals surface area (Å²) in [5, 5.41) is 14.6. The molecule has 1 atom stereocenters.